The number of nitrogens with zero attached hydrogens (tertiary/aromatic N) is 1. The summed E-state index contributed by atoms with van der Waals surface area (Å²) in [4.78, 5) is 3.25. The van der Waals surface area contributed by atoms with Gasteiger partial charge < -0.3 is 9.72 Å². The minimum Gasteiger partial charge on any atom is -0.497 e. The van der Waals surface area contributed by atoms with Crippen LogP contribution in [0.25, 0.3) is 16.5 Å². The second-order valence-corrected chi connectivity index (χ2v) is 7.20. The Morgan fingerprint density at radius 3 is 2.76 bits per heavy atom. The summed E-state index contributed by atoms with van der Waals surface area (Å²) in [5.41, 5.74) is 3.35. The van der Waals surface area contributed by atoms with E-state index in [1.54, 1.807) is 7.11 Å². The fourth-order valence-electron chi connectivity index (χ4n) is 2.69. The first-order chi connectivity index (χ1) is 9.99. The van der Waals surface area contributed by atoms with Crippen LogP contribution in [0, 0.1) is 0 Å². The summed E-state index contributed by atoms with van der Waals surface area (Å²) in [6, 6.07) is 5.91. The molecule has 0 saturated heterocycles. The minimum absolute atomic E-state index is 0.435. The van der Waals surface area contributed by atoms with E-state index in [4.69, 9.17) is 4.74 Å². The van der Waals surface area contributed by atoms with Gasteiger partial charge in [0.05, 0.1) is 13.4 Å². The maximum Gasteiger partial charge on any atom is 0.211 e. The standard InChI is InChI=1S/C15H18N2O3S/c1-20-12-3-4-15-13(9-12)14(10-16-15)11-5-7-17(8-6-11)21(2,18)19/h3-5,9-10,16H,6-8H2,1-2H3. The average Bonchev–Trinajstić information content (AvgIpc) is 2.89. The Balaban J connectivity index is 1.96. The highest BCUT2D eigenvalue weighted by Gasteiger charge is 2.21. The fraction of sp³-hybridized carbons (Fsp3) is 0.333. The van der Waals surface area contributed by atoms with Crippen LogP contribution in [0.1, 0.15) is 12.0 Å². The van der Waals surface area contributed by atoms with Crippen molar-refractivity contribution in [3.05, 3.63) is 36.0 Å². The first-order valence-electron chi connectivity index (χ1n) is 6.78. The number of aromatic nitrogens is 1. The van der Waals surface area contributed by atoms with Crippen molar-refractivity contribution < 1.29 is 13.2 Å². The molecule has 1 aromatic heterocycles. The molecule has 3 rings (SSSR count). The van der Waals surface area contributed by atoms with Crippen molar-refractivity contribution in [2.45, 2.75) is 6.42 Å². The smallest absolute Gasteiger partial charge is 0.211 e. The van der Waals surface area contributed by atoms with E-state index in [2.05, 4.69) is 4.98 Å². The summed E-state index contributed by atoms with van der Waals surface area (Å²) < 4.78 is 29.9. The topological polar surface area (TPSA) is 62.4 Å². The second-order valence-electron chi connectivity index (χ2n) is 5.21. The minimum atomic E-state index is -3.11. The molecule has 2 aromatic rings. The second kappa shape index (κ2) is 5.20. The molecule has 21 heavy (non-hydrogen) atoms. The number of benzene rings is 1. The molecule has 0 unspecified atom stereocenters. The molecule has 1 aliphatic rings. The number of methoxy groups -OCH3 is 1. The molecule has 0 saturated carbocycles. The molecule has 0 atom stereocenters. The Hall–Kier alpha value is -1.79. The van der Waals surface area contributed by atoms with Crippen LogP contribution in [-0.4, -0.2) is 44.2 Å². The lowest BCUT2D eigenvalue weighted by Gasteiger charge is -2.24. The van der Waals surface area contributed by atoms with Crippen molar-refractivity contribution in [1.82, 2.24) is 9.29 Å². The molecular weight excluding hydrogens is 288 g/mol. The monoisotopic (exact) mass is 306 g/mol. The summed E-state index contributed by atoms with van der Waals surface area (Å²) in [6.07, 6.45) is 5.94. The summed E-state index contributed by atoms with van der Waals surface area (Å²) in [7, 11) is -1.46. The molecule has 0 radical (unpaired) electrons. The lowest BCUT2D eigenvalue weighted by Crippen LogP contribution is -2.33. The van der Waals surface area contributed by atoms with E-state index in [0.717, 1.165) is 28.6 Å². The number of rotatable bonds is 3. The van der Waals surface area contributed by atoms with Crippen molar-refractivity contribution in [3.63, 3.8) is 0 Å². The third-order valence-corrected chi connectivity index (χ3v) is 5.15. The Kier molecular flexibility index (Phi) is 3.51. The van der Waals surface area contributed by atoms with Crippen LogP contribution in [0.5, 0.6) is 5.75 Å². The van der Waals surface area contributed by atoms with E-state index in [-0.39, 0.29) is 0 Å². The summed E-state index contributed by atoms with van der Waals surface area (Å²) >= 11 is 0. The van der Waals surface area contributed by atoms with Crippen LogP contribution in [-0.2, 0) is 10.0 Å². The number of nitrogens with one attached hydrogen (secondary N) is 1. The van der Waals surface area contributed by atoms with E-state index < -0.39 is 10.0 Å². The van der Waals surface area contributed by atoms with Crippen LogP contribution >= 0.6 is 0 Å². The van der Waals surface area contributed by atoms with Gasteiger partial charge in [-0.25, -0.2) is 8.42 Å². The summed E-state index contributed by atoms with van der Waals surface area (Å²) in [5, 5.41) is 1.11. The summed E-state index contributed by atoms with van der Waals surface area (Å²) in [6.45, 7) is 0.964. The maximum absolute atomic E-state index is 11.5. The number of ether oxygens (including phenoxy) is 1. The molecule has 0 aliphatic carbocycles. The highest BCUT2D eigenvalue weighted by Crippen LogP contribution is 2.31. The van der Waals surface area contributed by atoms with Gasteiger partial charge in [0.15, 0.2) is 0 Å². The van der Waals surface area contributed by atoms with Crippen LogP contribution in [0.3, 0.4) is 0 Å². The molecular formula is C15H18N2O3S. The van der Waals surface area contributed by atoms with Gasteiger partial charge in [0.1, 0.15) is 5.75 Å². The zero-order chi connectivity index (χ0) is 15.0. The number of sulfonamides is 1. The highest BCUT2D eigenvalue weighted by atomic mass is 32.2. The lowest BCUT2D eigenvalue weighted by molar-refractivity contribution is 0.415. The normalized spacial score (nSPS) is 17.0. The Labute approximate surface area is 124 Å². The van der Waals surface area contributed by atoms with E-state index in [1.807, 2.05) is 30.5 Å². The van der Waals surface area contributed by atoms with Crippen molar-refractivity contribution in [1.29, 1.82) is 0 Å². The largest absolute Gasteiger partial charge is 0.497 e. The molecule has 5 nitrogen and oxygen atoms in total. The Morgan fingerprint density at radius 1 is 1.33 bits per heavy atom. The van der Waals surface area contributed by atoms with Crippen molar-refractivity contribution in [2.24, 2.45) is 0 Å². The van der Waals surface area contributed by atoms with Crippen molar-refractivity contribution in [3.8, 4) is 5.75 Å². The van der Waals surface area contributed by atoms with Gasteiger partial charge in [-0.2, -0.15) is 4.31 Å². The SMILES string of the molecule is COc1ccc2[nH]cc(C3=CCN(S(C)(=O)=O)CC3)c2c1. The average molecular weight is 306 g/mol. The Morgan fingerprint density at radius 2 is 2.14 bits per heavy atom. The van der Waals surface area contributed by atoms with Gasteiger partial charge in [-0.05, 0) is 30.2 Å². The fourth-order valence-corrected chi connectivity index (χ4v) is 3.46. The van der Waals surface area contributed by atoms with Gasteiger partial charge in [0, 0.05) is 35.8 Å². The number of hydrogen-bond donors (Lipinski definition) is 1. The molecule has 2 heterocycles. The molecule has 112 valence electrons. The van der Waals surface area contributed by atoms with Crippen LogP contribution < -0.4 is 4.74 Å². The molecule has 1 N–H and O–H groups in total. The van der Waals surface area contributed by atoms with Gasteiger partial charge in [-0.15, -0.1) is 0 Å². The molecule has 0 spiro atoms. The zero-order valence-electron chi connectivity index (χ0n) is 12.1. The first kappa shape index (κ1) is 14.2. The van der Waals surface area contributed by atoms with Crippen molar-refractivity contribution >= 4 is 26.5 Å². The van der Waals surface area contributed by atoms with E-state index in [9.17, 15) is 8.42 Å². The van der Waals surface area contributed by atoms with Gasteiger partial charge >= 0.3 is 0 Å². The number of aromatic amines is 1. The first-order valence-corrected chi connectivity index (χ1v) is 8.63. The van der Waals surface area contributed by atoms with E-state index in [0.29, 0.717) is 13.1 Å². The lowest BCUT2D eigenvalue weighted by atomic mass is 9.99. The van der Waals surface area contributed by atoms with E-state index in [1.165, 1.54) is 16.1 Å². The molecule has 1 aliphatic heterocycles. The number of fused-ring (bicyclic) bond motifs is 1. The maximum atomic E-state index is 11.5. The van der Waals surface area contributed by atoms with Gasteiger partial charge in [-0.1, -0.05) is 6.08 Å². The number of H-pyrrole nitrogens is 1. The Bertz CT molecular complexity index is 805. The molecule has 0 bridgehead atoms. The van der Waals surface area contributed by atoms with Gasteiger partial charge in [0.25, 0.3) is 0 Å². The predicted molar refractivity (Wildman–Crippen MR) is 83.9 cm³/mol. The molecule has 0 amide bonds. The van der Waals surface area contributed by atoms with Crippen LogP contribution in [0.4, 0.5) is 0 Å². The van der Waals surface area contributed by atoms with Gasteiger partial charge in [0.2, 0.25) is 10.0 Å². The third-order valence-electron chi connectivity index (χ3n) is 3.88. The van der Waals surface area contributed by atoms with E-state index >= 15 is 0 Å². The molecule has 1 aromatic carbocycles. The third kappa shape index (κ3) is 2.69. The highest BCUT2D eigenvalue weighted by molar-refractivity contribution is 7.88. The quantitative estimate of drug-likeness (QED) is 0.946. The van der Waals surface area contributed by atoms with Crippen LogP contribution in [0.15, 0.2) is 30.5 Å². The summed E-state index contributed by atoms with van der Waals surface area (Å²) in [5.74, 6) is 0.817. The molecule has 0 fully saturated rings. The van der Waals surface area contributed by atoms with Gasteiger partial charge in [-0.3, -0.25) is 0 Å². The predicted octanol–water partition coefficient (Wildman–Crippen LogP) is 2.23. The number of hydrogen-bond acceptors (Lipinski definition) is 3. The zero-order valence-corrected chi connectivity index (χ0v) is 12.9. The van der Waals surface area contributed by atoms with Crippen molar-refractivity contribution in [2.75, 3.05) is 26.5 Å². The van der Waals surface area contributed by atoms with Crippen LogP contribution in [0.2, 0.25) is 0 Å². The molecule has 6 heteroatoms.